The van der Waals surface area contributed by atoms with Gasteiger partial charge >= 0.3 is 21.7 Å². The van der Waals surface area contributed by atoms with Crippen molar-refractivity contribution in [1.82, 2.24) is 10.6 Å². The van der Waals surface area contributed by atoms with E-state index >= 15 is 0 Å². The number of carbonyl (C=O) groups excluding carboxylic acids is 2. The van der Waals surface area contributed by atoms with Gasteiger partial charge in [0.1, 0.15) is 0 Å². The molecule has 0 radical (unpaired) electrons. The smallest absolute Gasteiger partial charge is 0.358 e. The summed E-state index contributed by atoms with van der Waals surface area (Å²) < 4.78 is 0. The van der Waals surface area contributed by atoms with Crippen LogP contribution in [-0.4, -0.2) is 23.9 Å². The van der Waals surface area contributed by atoms with Gasteiger partial charge in [-0.05, 0) is 50.4 Å². The number of hydrogen-bond acceptors (Lipinski definition) is 2. The number of hydrogen-bond donors (Lipinski definition) is 2. The molecule has 5 heteroatoms. The van der Waals surface area contributed by atoms with E-state index in [-0.39, 0.29) is 65.9 Å². The summed E-state index contributed by atoms with van der Waals surface area (Å²) in [4.78, 5) is 24.4. The second-order valence-corrected chi connectivity index (χ2v) is 8.38. The minimum atomic E-state index is 0. The van der Waals surface area contributed by atoms with Crippen molar-refractivity contribution >= 4 is 11.8 Å². The van der Waals surface area contributed by atoms with Crippen LogP contribution in [0.5, 0.6) is 0 Å². The predicted molar refractivity (Wildman–Crippen MR) is 122 cm³/mol. The van der Waals surface area contributed by atoms with Crippen molar-refractivity contribution in [3.8, 4) is 0 Å². The Hall–Kier alpha value is -0.346. The molecule has 2 amide bonds. The van der Waals surface area contributed by atoms with E-state index in [2.05, 4.69) is 24.5 Å². The van der Waals surface area contributed by atoms with Crippen molar-refractivity contribution in [1.29, 1.82) is 0 Å². The molecule has 170 valence electrons. The first kappa shape index (κ1) is 33.3. The standard InChI is InChI=1S/C22H42N2O2.2CH3.Ti/c1-5-9-13-22(14-10-6-2)16-18(23-20(25)11-7-3)15-19(17-22)24-21(26)12-8-4;;;/h18-19H,5-17H2,1-4H3,(H,23,25)(H,24,26);2*1H3;/q;2*-1;+2. The van der Waals surface area contributed by atoms with Crippen molar-refractivity contribution in [2.75, 3.05) is 0 Å². The summed E-state index contributed by atoms with van der Waals surface area (Å²) in [5.74, 6) is 0.329. The van der Waals surface area contributed by atoms with E-state index in [4.69, 9.17) is 0 Å². The van der Waals surface area contributed by atoms with Crippen LogP contribution in [0.4, 0.5) is 0 Å². The fourth-order valence-corrected chi connectivity index (χ4v) is 4.55. The van der Waals surface area contributed by atoms with Crippen LogP contribution < -0.4 is 10.6 Å². The second kappa shape index (κ2) is 18.4. The molecule has 1 rings (SSSR count). The van der Waals surface area contributed by atoms with E-state index in [0.29, 0.717) is 12.8 Å². The van der Waals surface area contributed by atoms with Crippen LogP contribution in [0.15, 0.2) is 0 Å². The van der Waals surface area contributed by atoms with Gasteiger partial charge in [0.05, 0.1) is 0 Å². The predicted octanol–water partition coefficient (Wildman–Crippen LogP) is 6.00. The number of amides is 2. The normalized spacial score (nSPS) is 19.7. The van der Waals surface area contributed by atoms with Crippen molar-refractivity contribution in [3.05, 3.63) is 14.9 Å². The third-order valence-corrected chi connectivity index (χ3v) is 5.73. The molecule has 1 fully saturated rings. The number of carbonyl (C=O) groups is 2. The maximum absolute atomic E-state index is 12.2. The van der Waals surface area contributed by atoms with Gasteiger partial charge in [-0.15, -0.1) is 0 Å². The first-order valence-corrected chi connectivity index (χ1v) is 11.1. The molecule has 0 spiro atoms. The summed E-state index contributed by atoms with van der Waals surface area (Å²) >= 11 is 0. The first-order valence-electron chi connectivity index (χ1n) is 11.1. The number of unbranched alkanes of at least 4 members (excludes halogenated alkanes) is 2. The third-order valence-electron chi connectivity index (χ3n) is 5.73. The Labute approximate surface area is 197 Å². The quantitative estimate of drug-likeness (QED) is 0.286. The van der Waals surface area contributed by atoms with Crippen molar-refractivity contribution in [2.45, 2.75) is 123 Å². The zero-order valence-corrected chi connectivity index (χ0v) is 21.7. The minimum Gasteiger partial charge on any atom is -0.358 e. The number of rotatable bonds is 12. The topological polar surface area (TPSA) is 58.2 Å². The van der Waals surface area contributed by atoms with Gasteiger partial charge in [0.25, 0.3) is 0 Å². The maximum Gasteiger partial charge on any atom is 2.00 e. The van der Waals surface area contributed by atoms with Crippen LogP contribution in [0, 0.1) is 20.3 Å². The van der Waals surface area contributed by atoms with E-state index in [1.54, 1.807) is 0 Å². The fraction of sp³-hybridized carbons (Fsp3) is 0.833. The largest absolute Gasteiger partial charge is 2.00 e. The first-order chi connectivity index (χ1) is 12.5. The van der Waals surface area contributed by atoms with Crippen LogP contribution in [0.25, 0.3) is 0 Å². The Morgan fingerprint density at radius 1 is 0.759 bits per heavy atom. The monoisotopic (exact) mass is 444 g/mol. The molecule has 1 aliphatic rings. The summed E-state index contributed by atoms with van der Waals surface area (Å²) in [6.45, 7) is 8.58. The van der Waals surface area contributed by atoms with Crippen LogP contribution in [0.1, 0.15) is 111 Å². The molecule has 2 N–H and O–H groups in total. The molecule has 0 aromatic carbocycles. The zero-order valence-electron chi connectivity index (χ0n) is 20.2. The summed E-state index contributed by atoms with van der Waals surface area (Å²) in [6.07, 6.45) is 13.3. The van der Waals surface area contributed by atoms with Crippen LogP contribution >= 0.6 is 0 Å². The molecule has 0 heterocycles. The summed E-state index contributed by atoms with van der Waals surface area (Å²) in [5.41, 5.74) is 0.262. The molecule has 29 heavy (non-hydrogen) atoms. The van der Waals surface area contributed by atoms with E-state index in [0.717, 1.165) is 32.1 Å². The van der Waals surface area contributed by atoms with Gasteiger partial charge in [0, 0.05) is 24.9 Å². The Morgan fingerprint density at radius 2 is 1.14 bits per heavy atom. The van der Waals surface area contributed by atoms with Gasteiger partial charge in [0.15, 0.2) is 0 Å². The molecule has 4 nitrogen and oxygen atoms in total. The fourth-order valence-electron chi connectivity index (χ4n) is 4.55. The SMILES string of the molecule is CCCCC1(CCCC)CC(NC(=O)CCC)CC(NC(=O)CCC)C1.[CH3-].[CH3-].[Ti+2]. The average Bonchev–Trinajstić information content (AvgIpc) is 2.58. The zero-order chi connectivity index (χ0) is 19.4. The van der Waals surface area contributed by atoms with Crippen molar-refractivity contribution in [3.63, 3.8) is 0 Å². The molecule has 2 atom stereocenters. The van der Waals surface area contributed by atoms with E-state index in [9.17, 15) is 9.59 Å². The molecule has 2 unspecified atom stereocenters. The van der Waals surface area contributed by atoms with Gasteiger partial charge in [-0.3, -0.25) is 9.59 Å². The van der Waals surface area contributed by atoms with Gasteiger partial charge in [-0.1, -0.05) is 53.4 Å². The van der Waals surface area contributed by atoms with Crippen molar-refractivity contribution in [2.24, 2.45) is 5.41 Å². The van der Waals surface area contributed by atoms with Gasteiger partial charge in [0.2, 0.25) is 11.8 Å². The average molecular weight is 445 g/mol. The van der Waals surface area contributed by atoms with Crippen molar-refractivity contribution < 1.29 is 31.3 Å². The molecular formula is C24H48N2O2Ti. The Bertz CT molecular complexity index is 391. The van der Waals surface area contributed by atoms with Gasteiger partial charge < -0.3 is 25.5 Å². The molecule has 0 aromatic rings. The Morgan fingerprint density at radius 3 is 1.45 bits per heavy atom. The Kier molecular flexibility index (Phi) is 21.2. The van der Waals surface area contributed by atoms with Crippen LogP contribution in [0.3, 0.4) is 0 Å². The van der Waals surface area contributed by atoms with Crippen LogP contribution in [0.2, 0.25) is 0 Å². The van der Waals surface area contributed by atoms with Gasteiger partial charge in [-0.25, -0.2) is 0 Å². The molecule has 1 aliphatic carbocycles. The van der Waals surface area contributed by atoms with Gasteiger partial charge in [-0.2, -0.15) is 0 Å². The van der Waals surface area contributed by atoms with Crippen LogP contribution in [-0.2, 0) is 31.3 Å². The third kappa shape index (κ3) is 12.8. The molecule has 0 aliphatic heterocycles. The van der Waals surface area contributed by atoms with E-state index in [1.807, 2.05) is 13.8 Å². The summed E-state index contributed by atoms with van der Waals surface area (Å²) in [7, 11) is 0. The van der Waals surface area contributed by atoms with E-state index in [1.165, 1.54) is 38.5 Å². The molecule has 0 bridgehead atoms. The molecule has 0 aromatic heterocycles. The minimum absolute atomic E-state index is 0. The Balaban J connectivity index is -0.00000225. The maximum atomic E-state index is 12.2. The molecular weight excluding hydrogens is 396 g/mol. The van der Waals surface area contributed by atoms with E-state index < -0.39 is 0 Å². The summed E-state index contributed by atoms with van der Waals surface area (Å²) in [6, 6.07) is 0.395. The summed E-state index contributed by atoms with van der Waals surface area (Å²) in [5, 5.41) is 6.54. The number of nitrogens with one attached hydrogen (secondary N) is 2. The second-order valence-electron chi connectivity index (χ2n) is 8.38. The molecule has 1 saturated carbocycles. The molecule has 0 saturated heterocycles.